The van der Waals surface area contributed by atoms with Gasteiger partial charge in [0.15, 0.2) is 10.8 Å². The monoisotopic (exact) mass is 453 g/mol. The van der Waals surface area contributed by atoms with Crippen LogP contribution in [0.15, 0.2) is 24.3 Å². The SMILES string of the molecule is Cc1cc(C(=O)N(CCCN2CCOCC2)c2nc3c(F)cccc3s2)nn1C.Cl. The number of aryl methyl sites for hydroxylation is 2. The molecule has 0 saturated carbocycles. The first-order valence-electron chi connectivity index (χ1n) is 9.70. The van der Waals surface area contributed by atoms with Crippen molar-refractivity contribution >= 4 is 45.0 Å². The number of morpholine rings is 1. The van der Waals surface area contributed by atoms with Crippen LogP contribution in [0.5, 0.6) is 0 Å². The molecule has 1 amide bonds. The van der Waals surface area contributed by atoms with Gasteiger partial charge in [0.25, 0.3) is 5.91 Å². The first kappa shape index (κ1) is 22.6. The topological polar surface area (TPSA) is 63.5 Å². The molecule has 10 heteroatoms. The zero-order valence-corrected chi connectivity index (χ0v) is 18.6. The fourth-order valence-corrected chi connectivity index (χ4v) is 4.39. The van der Waals surface area contributed by atoms with Crippen LogP contribution in [0.2, 0.25) is 0 Å². The summed E-state index contributed by atoms with van der Waals surface area (Å²) in [5.74, 6) is -0.588. The summed E-state index contributed by atoms with van der Waals surface area (Å²) >= 11 is 1.33. The number of benzene rings is 1. The molecule has 30 heavy (non-hydrogen) atoms. The lowest BCUT2D eigenvalue weighted by Gasteiger charge is -2.27. The average molecular weight is 454 g/mol. The van der Waals surface area contributed by atoms with Crippen molar-refractivity contribution in [3.63, 3.8) is 0 Å². The van der Waals surface area contributed by atoms with Gasteiger partial charge >= 0.3 is 0 Å². The van der Waals surface area contributed by atoms with Gasteiger partial charge in [-0.25, -0.2) is 9.37 Å². The molecular weight excluding hydrogens is 429 g/mol. The fourth-order valence-electron chi connectivity index (χ4n) is 3.38. The molecule has 0 atom stereocenters. The van der Waals surface area contributed by atoms with E-state index in [9.17, 15) is 9.18 Å². The summed E-state index contributed by atoms with van der Waals surface area (Å²) in [4.78, 5) is 21.6. The van der Waals surface area contributed by atoms with Gasteiger partial charge in [-0.2, -0.15) is 5.10 Å². The molecule has 1 aliphatic heterocycles. The van der Waals surface area contributed by atoms with Crippen LogP contribution in [0, 0.1) is 12.7 Å². The lowest BCUT2D eigenvalue weighted by molar-refractivity contribution is 0.0376. The number of carbonyl (C=O) groups excluding carboxylic acids is 1. The molecule has 1 aromatic carbocycles. The van der Waals surface area contributed by atoms with E-state index in [1.54, 1.807) is 21.7 Å². The molecule has 3 aromatic rings. The van der Waals surface area contributed by atoms with Crippen LogP contribution in [0.4, 0.5) is 9.52 Å². The van der Waals surface area contributed by atoms with E-state index in [2.05, 4.69) is 15.0 Å². The summed E-state index contributed by atoms with van der Waals surface area (Å²) in [6, 6.07) is 6.64. The maximum Gasteiger partial charge on any atom is 0.280 e. The number of carbonyl (C=O) groups is 1. The lowest BCUT2D eigenvalue weighted by atomic mass is 10.3. The fraction of sp³-hybridized carbons (Fsp3) is 0.450. The Balaban J connectivity index is 0.00000256. The smallest absolute Gasteiger partial charge is 0.280 e. The van der Waals surface area contributed by atoms with Crippen LogP contribution in [0.25, 0.3) is 10.2 Å². The molecule has 7 nitrogen and oxygen atoms in total. The minimum absolute atomic E-state index is 0. The number of fused-ring (bicyclic) bond motifs is 1. The summed E-state index contributed by atoms with van der Waals surface area (Å²) in [5, 5.41) is 4.83. The Hall–Kier alpha value is -2.07. The first-order chi connectivity index (χ1) is 14.0. The van der Waals surface area contributed by atoms with Crippen LogP contribution >= 0.6 is 23.7 Å². The summed E-state index contributed by atoms with van der Waals surface area (Å²) in [5.41, 5.74) is 1.57. The van der Waals surface area contributed by atoms with E-state index in [1.165, 1.54) is 17.4 Å². The summed E-state index contributed by atoms with van der Waals surface area (Å²) in [7, 11) is 1.81. The number of hydrogen-bond donors (Lipinski definition) is 0. The third-order valence-electron chi connectivity index (χ3n) is 5.13. The molecule has 0 unspecified atom stereocenters. The van der Waals surface area contributed by atoms with Crippen molar-refractivity contribution in [3.8, 4) is 0 Å². The Morgan fingerprint density at radius 3 is 2.77 bits per heavy atom. The highest BCUT2D eigenvalue weighted by molar-refractivity contribution is 7.22. The van der Waals surface area contributed by atoms with Crippen LogP contribution in [-0.4, -0.2) is 65.0 Å². The van der Waals surface area contributed by atoms with E-state index in [-0.39, 0.29) is 24.1 Å². The number of amides is 1. The second-order valence-corrected chi connectivity index (χ2v) is 8.15. The number of halogens is 2. The van der Waals surface area contributed by atoms with Gasteiger partial charge in [-0.1, -0.05) is 17.4 Å². The van der Waals surface area contributed by atoms with E-state index < -0.39 is 0 Å². The molecule has 2 aromatic heterocycles. The van der Waals surface area contributed by atoms with Crippen molar-refractivity contribution < 1.29 is 13.9 Å². The molecule has 0 aliphatic carbocycles. The Labute approximate surface area is 184 Å². The zero-order valence-electron chi connectivity index (χ0n) is 17.0. The number of ether oxygens (including phenoxy) is 1. The molecule has 3 heterocycles. The van der Waals surface area contributed by atoms with Gasteiger partial charge in [-0.05, 0) is 31.5 Å². The Morgan fingerprint density at radius 1 is 1.33 bits per heavy atom. The quantitative estimate of drug-likeness (QED) is 0.573. The number of aromatic nitrogens is 3. The van der Waals surface area contributed by atoms with Crippen LogP contribution in [0.3, 0.4) is 0 Å². The molecular formula is C20H25ClFN5O2S. The minimum atomic E-state index is -0.376. The highest BCUT2D eigenvalue weighted by Gasteiger charge is 2.24. The van der Waals surface area contributed by atoms with E-state index in [0.29, 0.717) is 22.9 Å². The number of rotatable bonds is 6. The number of thiazole rings is 1. The Bertz CT molecular complexity index is 998. The molecule has 1 aliphatic rings. The Kier molecular flexibility index (Phi) is 7.41. The lowest BCUT2D eigenvalue weighted by Crippen LogP contribution is -2.39. The molecule has 1 saturated heterocycles. The highest BCUT2D eigenvalue weighted by atomic mass is 35.5. The molecule has 0 N–H and O–H groups in total. The van der Waals surface area contributed by atoms with Crippen LogP contribution < -0.4 is 4.90 Å². The van der Waals surface area contributed by atoms with Crippen LogP contribution in [0.1, 0.15) is 22.6 Å². The third kappa shape index (κ3) is 4.80. The van der Waals surface area contributed by atoms with Crippen LogP contribution in [-0.2, 0) is 11.8 Å². The normalized spacial score (nSPS) is 14.6. The van der Waals surface area contributed by atoms with Gasteiger partial charge in [0.1, 0.15) is 11.3 Å². The maximum atomic E-state index is 14.1. The molecule has 4 rings (SSSR count). The molecule has 0 bridgehead atoms. The van der Waals surface area contributed by atoms with Gasteiger partial charge in [-0.15, -0.1) is 12.4 Å². The summed E-state index contributed by atoms with van der Waals surface area (Å²) in [6.07, 6.45) is 0.788. The predicted octanol–water partition coefficient (Wildman–Crippen LogP) is 3.27. The van der Waals surface area contributed by atoms with Crippen molar-refractivity contribution in [2.45, 2.75) is 13.3 Å². The average Bonchev–Trinajstić information content (AvgIpc) is 3.30. The van der Waals surface area contributed by atoms with Crippen molar-refractivity contribution in [2.24, 2.45) is 7.05 Å². The molecule has 1 fully saturated rings. The predicted molar refractivity (Wildman–Crippen MR) is 118 cm³/mol. The molecule has 162 valence electrons. The van der Waals surface area contributed by atoms with E-state index in [4.69, 9.17) is 4.74 Å². The first-order valence-corrected chi connectivity index (χ1v) is 10.5. The van der Waals surface area contributed by atoms with Gasteiger partial charge in [0.2, 0.25) is 0 Å². The number of nitrogens with zero attached hydrogens (tertiary/aromatic N) is 5. The number of hydrogen-bond acceptors (Lipinski definition) is 6. The van der Waals surface area contributed by atoms with Crippen molar-refractivity contribution in [1.82, 2.24) is 19.7 Å². The third-order valence-corrected chi connectivity index (χ3v) is 6.17. The minimum Gasteiger partial charge on any atom is -0.379 e. The van der Waals surface area contributed by atoms with Crippen molar-refractivity contribution in [1.29, 1.82) is 0 Å². The summed E-state index contributed by atoms with van der Waals surface area (Å²) < 4.78 is 21.9. The second kappa shape index (κ2) is 9.82. The summed E-state index contributed by atoms with van der Waals surface area (Å²) in [6.45, 7) is 6.56. The largest absolute Gasteiger partial charge is 0.379 e. The standard InChI is InChI=1S/C20H24FN5O2S.ClH/c1-14-13-16(23-24(14)2)19(27)26(8-4-7-25-9-11-28-12-10-25)20-22-18-15(21)5-3-6-17(18)29-20;/h3,5-6,13H,4,7-12H2,1-2H3;1H. The zero-order chi connectivity index (χ0) is 20.4. The number of anilines is 1. The second-order valence-electron chi connectivity index (χ2n) is 7.14. The van der Waals surface area contributed by atoms with Gasteiger partial charge in [0, 0.05) is 38.9 Å². The van der Waals surface area contributed by atoms with E-state index in [1.807, 2.05) is 20.0 Å². The maximum absolute atomic E-state index is 14.1. The van der Waals surface area contributed by atoms with Crippen molar-refractivity contribution in [3.05, 3.63) is 41.5 Å². The van der Waals surface area contributed by atoms with Gasteiger partial charge in [0.05, 0.1) is 17.9 Å². The van der Waals surface area contributed by atoms with Gasteiger partial charge < -0.3 is 4.74 Å². The Morgan fingerprint density at radius 2 is 2.10 bits per heavy atom. The van der Waals surface area contributed by atoms with E-state index >= 15 is 0 Å². The molecule has 0 radical (unpaired) electrons. The van der Waals surface area contributed by atoms with E-state index in [0.717, 1.165) is 49.7 Å². The highest BCUT2D eigenvalue weighted by Crippen LogP contribution is 2.31. The van der Waals surface area contributed by atoms with Gasteiger partial charge in [-0.3, -0.25) is 19.3 Å². The van der Waals surface area contributed by atoms with Crippen molar-refractivity contribution in [2.75, 3.05) is 44.3 Å². The molecule has 0 spiro atoms. The number of para-hydroxylation sites is 1.